The monoisotopic (exact) mass is 541 g/mol. The van der Waals surface area contributed by atoms with Gasteiger partial charge in [-0.3, -0.25) is 4.79 Å². The summed E-state index contributed by atoms with van der Waals surface area (Å²) in [6.07, 6.45) is 2.98. The van der Waals surface area contributed by atoms with Crippen LogP contribution in [0.3, 0.4) is 0 Å². The number of fused-ring (bicyclic) bond motifs is 3. The number of carbonyl (C=O) groups is 4. The Morgan fingerprint density at radius 2 is 2.00 bits per heavy atom. The molecule has 10 nitrogen and oxygen atoms in total. The highest BCUT2D eigenvalue weighted by Gasteiger charge is 2.42. The fourth-order valence-corrected chi connectivity index (χ4v) is 5.28. The Balaban J connectivity index is 1.62. The summed E-state index contributed by atoms with van der Waals surface area (Å²) in [5.74, 6) is -1.55. The zero-order valence-electron chi connectivity index (χ0n) is 23.3. The molecule has 1 fully saturated rings. The second kappa shape index (κ2) is 12.1. The summed E-state index contributed by atoms with van der Waals surface area (Å²) in [6, 6.07) is 7.00. The van der Waals surface area contributed by atoms with E-state index in [1.807, 2.05) is 50.6 Å². The van der Waals surface area contributed by atoms with Crippen molar-refractivity contribution in [1.82, 2.24) is 14.8 Å². The van der Waals surface area contributed by atoms with Crippen LogP contribution in [0.15, 0.2) is 24.3 Å². The molecule has 2 aliphatic rings. The minimum Gasteiger partial charge on any atom is -0.464 e. The number of esters is 2. The number of rotatable bonds is 3. The van der Waals surface area contributed by atoms with Crippen molar-refractivity contribution >= 4 is 34.8 Å². The Morgan fingerprint density at radius 1 is 1.21 bits per heavy atom. The number of ether oxygens (including phenoxy) is 3. The van der Waals surface area contributed by atoms with Crippen LogP contribution in [-0.2, 0) is 37.3 Å². The number of hydrogen-bond acceptors (Lipinski definition) is 7. The number of cyclic esters (lactones) is 1. The summed E-state index contributed by atoms with van der Waals surface area (Å²) in [7, 11) is 1.83. The fraction of sp³-hybridized carbons (Fsp3) is 0.586. The Morgan fingerprint density at radius 3 is 2.77 bits per heavy atom. The molecular formula is C29H39N3O7. The van der Waals surface area contributed by atoms with E-state index in [4.69, 9.17) is 14.2 Å². The summed E-state index contributed by atoms with van der Waals surface area (Å²) in [4.78, 5) is 52.8. The number of benzene rings is 1. The lowest BCUT2D eigenvalue weighted by molar-refractivity contribution is -0.153. The molecule has 0 unspecified atom stereocenters. The first-order valence-corrected chi connectivity index (χ1v) is 13.7. The molecule has 10 heteroatoms. The fourth-order valence-electron chi connectivity index (χ4n) is 5.28. The van der Waals surface area contributed by atoms with Crippen LogP contribution in [0.2, 0.25) is 0 Å². The smallest absolute Gasteiger partial charge is 0.407 e. The summed E-state index contributed by atoms with van der Waals surface area (Å²) < 4.78 is 18.4. The largest absolute Gasteiger partial charge is 0.464 e. The zero-order valence-corrected chi connectivity index (χ0v) is 23.3. The molecule has 0 spiro atoms. The summed E-state index contributed by atoms with van der Waals surface area (Å²) in [5, 5.41) is 3.50. The van der Waals surface area contributed by atoms with E-state index < -0.39 is 36.1 Å². The van der Waals surface area contributed by atoms with E-state index in [2.05, 4.69) is 11.4 Å². The number of aryl methyl sites for hydroxylation is 2. The van der Waals surface area contributed by atoms with E-state index in [1.54, 1.807) is 0 Å². The van der Waals surface area contributed by atoms with E-state index >= 15 is 0 Å². The third-order valence-electron chi connectivity index (χ3n) is 7.49. The second-order valence-corrected chi connectivity index (χ2v) is 11.2. The number of nitrogens with zero attached hydrogens (tertiary/aromatic N) is 2. The molecule has 1 aromatic carbocycles. The van der Waals surface area contributed by atoms with Crippen molar-refractivity contribution in [3.05, 3.63) is 35.5 Å². The average Bonchev–Trinajstić information content (AvgIpc) is 3.48. The lowest BCUT2D eigenvalue weighted by atomic mass is 9.87. The lowest BCUT2D eigenvalue weighted by Gasteiger charge is -2.25. The molecule has 2 aromatic rings. The van der Waals surface area contributed by atoms with Crippen LogP contribution < -0.4 is 5.32 Å². The van der Waals surface area contributed by atoms with Crippen LogP contribution in [0.25, 0.3) is 10.9 Å². The molecule has 3 heterocycles. The maximum absolute atomic E-state index is 13.3. The third-order valence-corrected chi connectivity index (χ3v) is 7.49. The number of amides is 2. The Hall–Kier alpha value is -3.56. The zero-order chi connectivity index (χ0) is 28.2. The molecule has 1 N–H and O–H groups in total. The predicted octanol–water partition coefficient (Wildman–Crippen LogP) is 3.74. The molecule has 1 saturated heterocycles. The summed E-state index contributed by atoms with van der Waals surface area (Å²) in [5.41, 5.74) is 2.27. The molecule has 1 aromatic heterocycles. The molecule has 0 radical (unpaired) electrons. The quantitative estimate of drug-likeness (QED) is 0.465. The van der Waals surface area contributed by atoms with E-state index in [-0.39, 0.29) is 38.1 Å². The molecule has 39 heavy (non-hydrogen) atoms. The van der Waals surface area contributed by atoms with Crippen molar-refractivity contribution in [2.75, 3.05) is 26.3 Å². The Bertz CT molecular complexity index is 1230. The van der Waals surface area contributed by atoms with Crippen LogP contribution in [-0.4, -0.2) is 71.9 Å². The maximum atomic E-state index is 13.3. The van der Waals surface area contributed by atoms with E-state index in [1.165, 1.54) is 4.90 Å². The number of alkyl carbamates (subject to hydrolysis) is 1. The minimum atomic E-state index is -0.910. The van der Waals surface area contributed by atoms with Crippen LogP contribution in [0, 0.1) is 5.41 Å². The van der Waals surface area contributed by atoms with Crippen molar-refractivity contribution in [3.8, 4) is 0 Å². The van der Waals surface area contributed by atoms with Gasteiger partial charge in [0, 0.05) is 24.4 Å². The van der Waals surface area contributed by atoms with Gasteiger partial charge in [-0.25, -0.2) is 14.4 Å². The summed E-state index contributed by atoms with van der Waals surface area (Å²) in [6.45, 7) is 6.09. The number of nitrogens with one attached hydrogen (secondary N) is 1. The normalized spacial score (nSPS) is 22.8. The van der Waals surface area contributed by atoms with Crippen molar-refractivity contribution in [3.63, 3.8) is 0 Å². The number of carbonyl (C=O) groups excluding carboxylic acids is 4. The minimum absolute atomic E-state index is 0.0232. The molecule has 2 atom stereocenters. The third kappa shape index (κ3) is 6.72. The van der Waals surface area contributed by atoms with Gasteiger partial charge in [0.25, 0.3) is 0 Å². The van der Waals surface area contributed by atoms with Gasteiger partial charge in [0.05, 0.1) is 19.8 Å². The van der Waals surface area contributed by atoms with Crippen LogP contribution in [0.1, 0.15) is 68.9 Å². The molecule has 4 rings (SSSR count). The van der Waals surface area contributed by atoms with E-state index in [9.17, 15) is 19.2 Å². The maximum Gasteiger partial charge on any atom is 0.407 e. The highest BCUT2D eigenvalue weighted by molar-refractivity contribution is 5.97. The SMILES string of the molecule is CCCOC(=O)[C@@H]1C[C@@H]2CN1C(=O)CNC(=O)OCC(C)(C)CCCCc1cccc3c1cc(n3C)C(=O)O2. The van der Waals surface area contributed by atoms with Gasteiger partial charge in [-0.15, -0.1) is 0 Å². The Labute approximate surface area is 228 Å². The molecule has 2 aliphatic heterocycles. The average molecular weight is 542 g/mol. The van der Waals surface area contributed by atoms with Gasteiger partial charge in [0.2, 0.25) is 5.91 Å². The van der Waals surface area contributed by atoms with Crippen molar-refractivity contribution in [1.29, 1.82) is 0 Å². The topological polar surface area (TPSA) is 116 Å². The van der Waals surface area contributed by atoms with Crippen molar-refractivity contribution < 1.29 is 33.4 Å². The predicted molar refractivity (Wildman–Crippen MR) is 144 cm³/mol. The lowest BCUT2D eigenvalue weighted by Crippen LogP contribution is -2.46. The van der Waals surface area contributed by atoms with Gasteiger partial charge >= 0.3 is 18.0 Å². The number of aromatic nitrogens is 1. The molecular weight excluding hydrogens is 502 g/mol. The van der Waals surface area contributed by atoms with Crippen LogP contribution in [0.5, 0.6) is 0 Å². The van der Waals surface area contributed by atoms with Gasteiger partial charge in [0.15, 0.2) is 0 Å². The highest BCUT2D eigenvalue weighted by Crippen LogP contribution is 2.29. The van der Waals surface area contributed by atoms with E-state index in [0.717, 1.165) is 42.1 Å². The van der Waals surface area contributed by atoms with Gasteiger partial charge in [-0.2, -0.15) is 0 Å². The first kappa shape index (κ1) is 28.4. The highest BCUT2D eigenvalue weighted by atomic mass is 16.6. The standard InChI is InChI=1S/C29H39N3O7/c1-5-13-37-26(34)24-14-20-17-32(24)25(33)16-30-28(36)38-18-29(2,3)12-7-6-9-19-10-8-11-22-21(19)15-23(31(22)4)27(35)39-20/h8,10-11,15,20,24H,5-7,9,12-14,16-18H2,1-4H3,(H,30,36)/t20-,24+/m1/s1. The first-order valence-electron chi connectivity index (χ1n) is 13.7. The summed E-state index contributed by atoms with van der Waals surface area (Å²) >= 11 is 0. The molecule has 4 bridgehead atoms. The molecule has 0 saturated carbocycles. The number of hydrogen-bond donors (Lipinski definition) is 1. The second-order valence-electron chi connectivity index (χ2n) is 11.2. The van der Waals surface area contributed by atoms with Crippen molar-refractivity contribution in [2.24, 2.45) is 12.5 Å². The van der Waals surface area contributed by atoms with Gasteiger partial charge in [-0.1, -0.05) is 39.3 Å². The first-order chi connectivity index (χ1) is 18.6. The van der Waals surface area contributed by atoms with Gasteiger partial charge < -0.3 is 29.0 Å². The Kier molecular flexibility index (Phi) is 8.82. The molecule has 0 aliphatic carbocycles. The van der Waals surface area contributed by atoms with Crippen LogP contribution in [0.4, 0.5) is 4.79 Å². The van der Waals surface area contributed by atoms with Gasteiger partial charge in [0.1, 0.15) is 24.4 Å². The van der Waals surface area contributed by atoms with Gasteiger partial charge in [-0.05, 0) is 48.8 Å². The molecule has 212 valence electrons. The van der Waals surface area contributed by atoms with Crippen LogP contribution >= 0.6 is 0 Å². The van der Waals surface area contributed by atoms with E-state index in [0.29, 0.717) is 12.1 Å². The molecule has 2 amide bonds. The van der Waals surface area contributed by atoms with Crippen molar-refractivity contribution in [2.45, 2.75) is 71.4 Å².